The molecule has 0 aromatic heterocycles. The molecule has 0 bridgehead atoms. The van der Waals surface area contributed by atoms with Gasteiger partial charge in [0.2, 0.25) is 0 Å². The molecule has 0 aromatic carbocycles. The molecule has 1 atom stereocenters. The van der Waals surface area contributed by atoms with Gasteiger partial charge in [-0.2, -0.15) is 0 Å². The highest BCUT2D eigenvalue weighted by atomic mass is 14.7. The summed E-state index contributed by atoms with van der Waals surface area (Å²) in [5.41, 5.74) is 5.30. The molecular formula is C6H14N2. The zero-order chi connectivity index (χ0) is 6.41. The second-order valence-corrected chi connectivity index (χ2v) is 2.09. The van der Waals surface area contributed by atoms with Gasteiger partial charge in [0.15, 0.2) is 0 Å². The van der Waals surface area contributed by atoms with E-state index in [4.69, 9.17) is 5.73 Å². The SMILES string of the molecule is C=NCC(C)CCN. The average molecular weight is 114 g/mol. The van der Waals surface area contributed by atoms with Crippen molar-refractivity contribution in [1.29, 1.82) is 0 Å². The van der Waals surface area contributed by atoms with Crippen molar-refractivity contribution < 1.29 is 0 Å². The highest BCUT2D eigenvalue weighted by Crippen LogP contribution is 1.98. The molecule has 0 amide bonds. The Bertz CT molecular complexity index is 61.5. The van der Waals surface area contributed by atoms with Crippen LogP contribution in [0.25, 0.3) is 0 Å². The standard InChI is InChI=1S/C6H14N2/c1-6(3-4-7)5-8-2/h6H,2-5,7H2,1H3. The minimum Gasteiger partial charge on any atom is -0.330 e. The summed E-state index contributed by atoms with van der Waals surface area (Å²) in [6.45, 7) is 7.12. The van der Waals surface area contributed by atoms with E-state index in [0.29, 0.717) is 5.92 Å². The molecule has 0 radical (unpaired) electrons. The van der Waals surface area contributed by atoms with Crippen molar-refractivity contribution >= 4 is 6.72 Å². The molecule has 0 heterocycles. The Morgan fingerprint density at radius 3 is 2.75 bits per heavy atom. The van der Waals surface area contributed by atoms with Crippen LogP contribution in [0, 0.1) is 5.92 Å². The fourth-order valence-electron chi connectivity index (χ4n) is 0.596. The number of nitrogens with zero attached hydrogens (tertiary/aromatic N) is 1. The van der Waals surface area contributed by atoms with Crippen molar-refractivity contribution in [3.05, 3.63) is 0 Å². The van der Waals surface area contributed by atoms with Crippen LogP contribution in [-0.4, -0.2) is 19.8 Å². The van der Waals surface area contributed by atoms with E-state index in [0.717, 1.165) is 19.5 Å². The van der Waals surface area contributed by atoms with Crippen LogP contribution in [0.3, 0.4) is 0 Å². The summed E-state index contributed by atoms with van der Waals surface area (Å²) < 4.78 is 0. The summed E-state index contributed by atoms with van der Waals surface area (Å²) in [5, 5.41) is 0. The Morgan fingerprint density at radius 1 is 1.75 bits per heavy atom. The van der Waals surface area contributed by atoms with Gasteiger partial charge < -0.3 is 10.7 Å². The van der Waals surface area contributed by atoms with Gasteiger partial charge in [-0.25, -0.2) is 0 Å². The first-order valence-corrected chi connectivity index (χ1v) is 2.93. The van der Waals surface area contributed by atoms with Crippen molar-refractivity contribution in [1.82, 2.24) is 0 Å². The Morgan fingerprint density at radius 2 is 2.38 bits per heavy atom. The number of nitrogens with two attached hydrogens (primary N) is 1. The van der Waals surface area contributed by atoms with Crippen molar-refractivity contribution in [2.24, 2.45) is 16.6 Å². The molecule has 1 unspecified atom stereocenters. The maximum absolute atomic E-state index is 5.30. The smallest absolute Gasteiger partial charge is 0.0408 e. The third-order valence-electron chi connectivity index (χ3n) is 1.10. The highest BCUT2D eigenvalue weighted by Gasteiger charge is 1.95. The predicted molar refractivity (Wildman–Crippen MR) is 37.3 cm³/mol. The van der Waals surface area contributed by atoms with E-state index in [9.17, 15) is 0 Å². The highest BCUT2D eigenvalue weighted by molar-refractivity contribution is 5.23. The van der Waals surface area contributed by atoms with Crippen LogP contribution in [0.15, 0.2) is 4.99 Å². The third-order valence-corrected chi connectivity index (χ3v) is 1.10. The van der Waals surface area contributed by atoms with Crippen molar-refractivity contribution in [2.75, 3.05) is 13.1 Å². The van der Waals surface area contributed by atoms with E-state index in [2.05, 4.69) is 18.6 Å². The van der Waals surface area contributed by atoms with Crippen LogP contribution in [0.5, 0.6) is 0 Å². The van der Waals surface area contributed by atoms with E-state index in [1.54, 1.807) is 0 Å². The minimum absolute atomic E-state index is 0.609. The Hall–Kier alpha value is -0.370. The zero-order valence-corrected chi connectivity index (χ0v) is 5.43. The third kappa shape index (κ3) is 3.81. The quantitative estimate of drug-likeness (QED) is 0.536. The second kappa shape index (κ2) is 4.78. The van der Waals surface area contributed by atoms with Crippen LogP contribution in [0.2, 0.25) is 0 Å². The van der Waals surface area contributed by atoms with Gasteiger partial charge in [-0.3, -0.25) is 0 Å². The number of hydrogen-bond donors (Lipinski definition) is 1. The maximum Gasteiger partial charge on any atom is 0.0408 e. The molecular weight excluding hydrogens is 100 g/mol. The maximum atomic E-state index is 5.30. The van der Waals surface area contributed by atoms with E-state index in [-0.39, 0.29) is 0 Å². The van der Waals surface area contributed by atoms with Gasteiger partial charge in [-0.05, 0) is 25.6 Å². The molecule has 0 saturated carbocycles. The van der Waals surface area contributed by atoms with Crippen molar-refractivity contribution in [3.8, 4) is 0 Å². The van der Waals surface area contributed by atoms with Crippen LogP contribution in [-0.2, 0) is 0 Å². The zero-order valence-electron chi connectivity index (χ0n) is 5.43. The van der Waals surface area contributed by atoms with Crippen LogP contribution >= 0.6 is 0 Å². The summed E-state index contributed by atoms with van der Waals surface area (Å²) in [6, 6.07) is 0. The van der Waals surface area contributed by atoms with Gasteiger partial charge in [-0.1, -0.05) is 6.92 Å². The van der Waals surface area contributed by atoms with Gasteiger partial charge in [0.1, 0.15) is 0 Å². The lowest BCUT2D eigenvalue weighted by Crippen LogP contribution is -2.07. The molecule has 0 aliphatic heterocycles. The predicted octanol–water partition coefficient (Wildman–Crippen LogP) is 0.672. The monoisotopic (exact) mass is 114 g/mol. The largest absolute Gasteiger partial charge is 0.330 e. The Kier molecular flexibility index (Phi) is 4.56. The summed E-state index contributed by atoms with van der Waals surface area (Å²) in [5.74, 6) is 0.609. The lowest BCUT2D eigenvalue weighted by atomic mass is 10.1. The van der Waals surface area contributed by atoms with Crippen LogP contribution in [0.1, 0.15) is 13.3 Å². The number of aliphatic imine (C=N–C) groups is 1. The Balaban J connectivity index is 3.03. The van der Waals surface area contributed by atoms with Crippen LogP contribution in [0.4, 0.5) is 0 Å². The first-order chi connectivity index (χ1) is 3.81. The van der Waals surface area contributed by atoms with Crippen molar-refractivity contribution in [2.45, 2.75) is 13.3 Å². The molecule has 8 heavy (non-hydrogen) atoms. The summed E-state index contributed by atoms with van der Waals surface area (Å²) >= 11 is 0. The summed E-state index contributed by atoms with van der Waals surface area (Å²) in [4.78, 5) is 3.75. The van der Waals surface area contributed by atoms with E-state index in [1.165, 1.54) is 0 Å². The van der Waals surface area contributed by atoms with Gasteiger partial charge in [-0.15, -0.1) is 0 Å². The molecule has 0 aliphatic rings. The molecule has 2 heteroatoms. The lowest BCUT2D eigenvalue weighted by Gasteiger charge is -2.03. The topological polar surface area (TPSA) is 38.4 Å². The van der Waals surface area contributed by atoms with Crippen molar-refractivity contribution in [3.63, 3.8) is 0 Å². The van der Waals surface area contributed by atoms with E-state index < -0.39 is 0 Å². The fraction of sp³-hybridized carbons (Fsp3) is 0.833. The van der Waals surface area contributed by atoms with Gasteiger partial charge in [0.25, 0.3) is 0 Å². The molecule has 48 valence electrons. The number of rotatable bonds is 4. The molecule has 0 saturated heterocycles. The minimum atomic E-state index is 0.609. The molecule has 0 aromatic rings. The first-order valence-electron chi connectivity index (χ1n) is 2.93. The van der Waals surface area contributed by atoms with Crippen LogP contribution < -0.4 is 5.73 Å². The molecule has 0 fully saturated rings. The van der Waals surface area contributed by atoms with E-state index in [1.807, 2.05) is 0 Å². The molecule has 0 rings (SSSR count). The normalized spacial score (nSPS) is 13.2. The average Bonchev–Trinajstić information content (AvgIpc) is 1.68. The van der Waals surface area contributed by atoms with Gasteiger partial charge in [0, 0.05) is 6.54 Å². The fourth-order valence-corrected chi connectivity index (χ4v) is 0.596. The number of hydrogen-bond acceptors (Lipinski definition) is 2. The molecule has 2 nitrogen and oxygen atoms in total. The molecule has 0 aliphatic carbocycles. The van der Waals surface area contributed by atoms with Gasteiger partial charge in [0.05, 0.1) is 0 Å². The summed E-state index contributed by atoms with van der Waals surface area (Å²) in [7, 11) is 0. The second-order valence-electron chi connectivity index (χ2n) is 2.09. The lowest BCUT2D eigenvalue weighted by molar-refractivity contribution is 0.555. The Labute approximate surface area is 50.8 Å². The molecule has 0 spiro atoms. The van der Waals surface area contributed by atoms with Gasteiger partial charge >= 0.3 is 0 Å². The first kappa shape index (κ1) is 7.63. The molecule has 2 N–H and O–H groups in total. The van der Waals surface area contributed by atoms with E-state index >= 15 is 0 Å². The summed E-state index contributed by atoms with van der Waals surface area (Å²) in [6.07, 6.45) is 1.05.